The van der Waals surface area contributed by atoms with Crippen LogP contribution in [0, 0.1) is 0 Å². The Hall–Kier alpha value is -2.00. The van der Waals surface area contributed by atoms with Crippen LogP contribution in [0.3, 0.4) is 0 Å². The topological polar surface area (TPSA) is 38.5 Å². The number of piperidine rings is 1. The third kappa shape index (κ3) is 3.37. The number of rotatable bonds is 3. The van der Waals surface area contributed by atoms with Crippen molar-refractivity contribution in [3.8, 4) is 5.75 Å². The Kier molecular flexibility index (Phi) is 4.11. The van der Waals surface area contributed by atoms with Crippen LogP contribution in [0.1, 0.15) is 17.9 Å². The maximum absolute atomic E-state index is 6.24. The Morgan fingerprint density at radius 3 is 2.48 bits per heavy atom. The van der Waals surface area contributed by atoms with E-state index in [1.807, 2.05) is 24.3 Å². The van der Waals surface area contributed by atoms with Gasteiger partial charge >= 0.3 is 0 Å². The number of nitrogens with zero attached hydrogens (tertiary/aromatic N) is 1. The van der Waals surface area contributed by atoms with Crippen LogP contribution in [0.4, 0.5) is 5.69 Å². The summed E-state index contributed by atoms with van der Waals surface area (Å²) in [5, 5.41) is 0. The number of benzene rings is 2. The van der Waals surface area contributed by atoms with Crippen molar-refractivity contribution in [1.82, 2.24) is 4.90 Å². The SMILES string of the molecule is CN1CC[C@H](Oc2ccc(N)cc2)[C@@H](c2ccccc2)C1. The monoisotopic (exact) mass is 282 g/mol. The van der Waals surface area contributed by atoms with Crippen molar-refractivity contribution in [2.75, 3.05) is 25.9 Å². The van der Waals surface area contributed by atoms with Crippen LogP contribution < -0.4 is 10.5 Å². The molecular formula is C18H22N2O. The molecule has 0 amide bonds. The van der Waals surface area contributed by atoms with Crippen LogP contribution in [-0.4, -0.2) is 31.1 Å². The molecule has 110 valence electrons. The lowest BCUT2D eigenvalue weighted by Gasteiger charge is -2.37. The van der Waals surface area contributed by atoms with Gasteiger partial charge in [0.05, 0.1) is 0 Å². The number of ether oxygens (including phenoxy) is 1. The van der Waals surface area contributed by atoms with Crippen LogP contribution in [0.2, 0.25) is 0 Å². The summed E-state index contributed by atoms with van der Waals surface area (Å²) in [6, 6.07) is 18.3. The third-order valence-electron chi connectivity index (χ3n) is 4.15. The van der Waals surface area contributed by atoms with E-state index in [9.17, 15) is 0 Å². The van der Waals surface area contributed by atoms with Crippen molar-refractivity contribution in [3.05, 3.63) is 60.2 Å². The average molecular weight is 282 g/mol. The maximum Gasteiger partial charge on any atom is 0.119 e. The van der Waals surface area contributed by atoms with Crippen molar-refractivity contribution in [2.24, 2.45) is 0 Å². The molecule has 1 fully saturated rings. The molecule has 0 spiro atoms. The highest BCUT2D eigenvalue weighted by atomic mass is 16.5. The smallest absolute Gasteiger partial charge is 0.119 e. The van der Waals surface area contributed by atoms with Gasteiger partial charge in [-0.05, 0) is 43.3 Å². The lowest BCUT2D eigenvalue weighted by atomic mass is 9.88. The van der Waals surface area contributed by atoms with E-state index in [1.165, 1.54) is 5.56 Å². The van der Waals surface area contributed by atoms with Gasteiger partial charge in [-0.15, -0.1) is 0 Å². The van der Waals surface area contributed by atoms with Gasteiger partial charge in [0.25, 0.3) is 0 Å². The molecule has 0 saturated carbocycles. The number of nitrogens with two attached hydrogens (primary N) is 1. The lowest BCUT2D eigenvalue weighted by Crippen LogP contribution is -2.42. The molecule has 2 atom stereocenters. The molecule has 0 radical (unpaired) electrons. The summed E-state index contributed by atoms with van der Waals surface area (Å²) in [6.07, 6.45) is 1.26. The lowest BCUT2D eigenvalue weighted by molar-refractivity contribution is 0.0902. The fourth-order valence-electron chi connectivity index (χ4n) is 2.98. The second kappa shape index (κ2) is 6.19. The molecule has 3 nitrogen and oxygen atoms in total. The number of hydrogen-bond acceptors (Lipinski definition) is 3. The van der Waals surface area contributed by atoms with E-state index in [2.05, 4.69) is 42.3 Å². The third-order valence-corrected chi connectivity index (χ3v) is 4.15. The maximum atomic E-state index is 6.24. The van der Waals surface area contributed by atoms with Gasteiger partial charge in [0.2, 0.25) is 0 Å². The molecule has 2 aromatic carbocycles. The van der Waals surface area contributed by atoms with Gasteiger partial charge in [-0.3, -0.25) is 0 Å². The Morgan fingerprint density at radius 2 is 1.76 bits per heavy atom. The number of hydrogen-bond donors (Lipinski definition) is 1. The van der Waals surface area contributed by atoms with E-state index >= 15 is 0 Å². The van der Waals surface area contributed by atoms with E-state index in [-0.39, 0.29) is 6.10 Å². The zero-order valence-corrected chi connectivity index (χ0v) is 12.4. The molecule has 0 aliphatic carbocycles. The minimum atomic E-state index is 0.215. The molecular weight excluding hydrogens is 260 g/mol. The molecule has 1 aliphatic heterocycles. The van der Waals surface area contributed by atoms with Crippen molar-refractivity contribution in [3.63, 3.8) is 0 Å². The molecule has 1 heterocycles. The van der Waals surface area contributed by atoms with Crippen LogP contribution in [0.5, 0.6) is 5.75 Å². The van der Waals surface area contributed by atoms with E-state index in [4.69, 9.17) is 10.5 Å². The highest BCUT2D eigenvalue weighted by Crippen LogP contribution is 2.30. The zero-order chi connectivity index (χ0) is 14.7. The van der Waals surface area contributed by atoms with Gasteiger partial charge in [-0.1, -0.05) is 30.3 Å². The van der Waals surface area contributed by atoms with E-state index < -0.39 is 0 Å². The fraction of sp³-hybridized carbons (Fsp3) is 0.333. The minimum Gasteiger partial charge on any atom is -0.490 e. The quantitative estimate of drug-likeness (QED) is 0.879. The highest BCUT2D eigenvalue weighted by molar-refractivity contribution is 5.41. The predicted molar refractivity (Wildman–Crippen MR) is 86.6 cm³/mol. The summed E-state index contributed by atoms with van der Waals surface area (Å²) in [7, 11) is 2.18. The number of anilines is 1. The molecule has 2 N–H and O–H groups in total. The Morgan fingerprint density at radius 1 is 1.05 bits per heavy atom. The van der Waals surface area contributed by atoms with Gasteiger partial charge in [-0.2, -0.15) is 0 Å². The van der Waals surface area contributed by atoms with E-state index in [1.54, 1.807) is 0 Å². The van der Waals surface area contributed by atoms with Crippen LogP contribution in [0.25, 0.3) is 0 Å². The van der Waals surface area contributed by atoms with Gasteiger partial charge in [0.15, 0.2) is 0 Å². The van der Waals surface area contributed by atoms with Crippen LogP contribution >= 0.6 is 0 Å². The summed E-state index contributed by atoms with van der Waals surface area (Å²) in [6.45, 7) is 2.10. The van der Waals surface area contributed by atoms with Crippen LogP contribution in [-0.2, 0) is 0 Å². The molecule has 1 saturated heterocycles. The Bertz CT molecular complexity index is 568. The summed E-state index contributed by atoms with van der Waals surface area (Å²) in [5.74, 6) is 1.31. The summed E-state index contributed by atoms with van der Waals surface area (Å²) in [4.78, 5) is 2.38. The summed E-state index contributed by atoms with van der Waals surface area (Å²) >= 11 is 0. The first-order valence-corrected chi connectivity index (χ1v) is 7.48. The minimum absolute atomic E-state index is 0.215. The second-order valence-electron chi connectivity index (χ2n) is 5.79. The fourth-order valence-corrected chi connectivity index (χ4v) is 2.98. The molecule has 0 aromatic heterocycles. The summed E-state index contributed by atoms with van der Waals surface area (Å²) in [5.41, 5.74) is 7.85. The molecule has 0 unspecified atom stereocenters. The highest BCUT2D eigenvalue weighted by Gasteiger charge is 2.30. The van der Waals surface area contributed by atoms with E-state index in [0.717, 1.165) is 30.9 Å². The van der Waals surface area contributed by atoms with Gasteiger partial charge in [0, 0.05) is 24.7 Å². The average Bonchev–Trinajstić information content (AvgIpc) is 2.52. The Labute approximate surface area is 126 Å². The predicted octanol–water partition coefficient (Wildman–Crippen LogP) is 3.14. The number of likely N-dealkylation sites (tertiary alicyclic amines) is 1. The summed E-state index contributed by atoms with van der Waals surface area (Å²) < 4.78 is 6.24. The van der Waals surface area contributed by atoms with E-state index in [0.29, 0.717) is 5.92 Å². The van der Waals surface area contributed by atoms with Crippen molar-refractivity contribution in [1.29, 1.82) is 0 Å². The Balaban J connectivity index is 1.79. The molecule has 3 heteroatoms. The number of nitrogen functional groups attached to an aromatic ring is 1. The normalized spacial score (nSPS) is 22.9. The van der Waals surface area contributed by atoms with Gasteiger partial charge in [-0.25, -0.2) is 0 Å². The molecule has 21 heavy (non-hydrogen) atoms. The van der Waals surface area contributed by atoms with Crippen molar-refractivity contribution in [2.45, 2.75) is 18.4 Å². The van der Waals surface area contributed by atoms with Crippen molar-refractivity contribution < 1.29 is 4.74 Å². The number of likely N-dealkylation sites (N-methyl/N-ethyl adjacent to an activating group) is 1. The largest absolute Gasteiger partial charge is 0.490 e. The molecule has 2 aromatic rings. The first-order valence-electron chi connectivity index (χ1n) is 7.48. The molecule has 0 bridgehead atoms. The van der Waals surface area contributed by atoms with Crippen molar-refractivity contribution >= 4 is 5.69 Å². The van der Waals surface area contributed by atoms with Gasteiger partial charge in [0.1, 0.15) is 11.9 Å². The first-order chi connectivity index (χ1) is 10.2. The standard InChI is InChI=1S/C18H22N2O/c1-20-12-11-18(21-16-9-7-15(19)8-10-16)17(13-20)14-5-3-2-4-6-14/h2-10,17-18H,11-13,19H2,1H3/t17-,18+/m1/s1. The molecule has 3 rings (SSSR count). The second-order valence-corrected chi connectivity index (χ2v) is 5.79. The van der Waals surface area contributed by atoms with Gasteiger partial charge < -0.3 is 15.4 Å². The first kappa shape index (κ1) is 14.0. The van der Waals surface area contributed by atoms with Crippen LogP contribution in [0.15, 0.2) is 54.6 Å². The molecule has 1 aliphatic rings. The zero-order valence-electron chi connectivity index (χ0n) is 12.4.